The first kappa shape index (κ1) is 17.3. The van der Waals surface area contributed by atoms with Crippen LogP contribution in [0.2, 0.25) is 0 Å². The standard InChI is InChI=1S/C13H15F3N4O2S/c1-21-9-3-2-4-10(7-9)22-8-11-18-19-12(20(11)17)23-6-5-13(14,15)16/h2-4,7H,5-6,8,17H2,1H3. The molecule has 0 aliphatic heterocycles. The quantitative estimate of drug-likeness (QED) is 0.612. The normalized spacial score (nSPS) is 11.5. The average molecular weight is 348 g/mol. The first-order valence-electron chi connectivity index (χ1n) is 6.55. The van der Waals surface area contributed by atoms with E-state index in [1.54, 1.807) is 31.4 Å². The Labute approximate surface area is 134 Å². The highest BCUT2D eigenvalue weighted by Gasteiger charge is 2.27. The van der Waals surface area contributed by atoms with Crippen molar-refractivity contribution in [1.82, 2.24) is 14.9 Å². The number of thioether (sulfide) groups is 1. The fourth-order valence-electron chi connectivity index (χ4n) is 1.60. The molecule has 0 bridgehead atoms. The van der Waals surface area contributed by atoms with Crippen LogP contribution in [-0.4, -0.2) is 33.9 Å². The van der Waals surface area contributed by atoms with E-state index in [1.165, 1.54) is 0 Å². The lowest BCUT2D eigenvalue weighted by Gasteiger charge is -2.08. The third-order valence-electron chi connectivity index (χ3n) is 2.76. The number of hydrogen-bond donors (Lipinski definition) is 1. The molecule has 1 aromatic carbocycles. The van der Waals surface area contributed by atoms with Crippen LogP contribution >= 0.6 is 11.8 Å². The van der Waals surface area contributed by atoms with E-state index < -0.39 is 12.6 Å². The minimum atomic E-state index is -4.20. The van der Waals surface area contributed by atoms with Gasteiger partial charge in [-0.15, -0.1) is 10.2 Å². The Kier molecular flexibility index (Phi) is 5.59. The molecule has 2 rings (SSSR count). The molecule has 0 atom stereocenters. The van der Waals surface area contributed by atoms with Crippen LogP contribution in [0, 0.1) is 0 Å². The van der Waals surface area contributed by atoms with E-state index in [4.69, 9.17) is 15.3 Å². The lowest BCUT2D eigenvalue weighted by Crippen LogP contribution is -2.16. The van der Waals surface area contributed by atoms with Gasteiger partial charge in [0.1, 0.15) is 18.1 Å². The Balaban J connectivity index is 1.91. The number of aromatic nitrogens is 3. The summed E-state index contributed by atoms with van der Waals surface area (Å²) in [6.45, 7) is 0.0382. The zero-order valence-corrected chi connectivity index (χ0v) is 13.0. The van der Waals surface area contributed by atoms with Crippen LogP contribution in [0.3, 0.4) is 0 Å². The number of nitrogens with zero attached hydrogens (tertiary/aromatic N) is 3. The largest absolute Gasteiger partial charge is 0.497 e. The third-order valence-corrected chi connectivity index (χ3v) is 3.71. The molecule has 0 spiro atoms. The van der Waals surface area contributed by atoms with Gasteiger partial charge >= 0.3 is 6.18 Å². The summed E-state index contributed by atoms with van der Waals surface area (Å²) in [7, 11) is 1.54. The number of nitrogens with two attached hydrogens (primary N) is 1. The SMILES string of the molecule is COc1cccc(OCc2nnc(SCCC(F)(F)F)n2N)c1. The van der Waals surface area contributed by atoms with Gasteiger partial charge in [0, 0.05) is 11.8 Å². The number of benzene rings is 1. The lowest BCUT2D eigenvalue weighted by atomic mass is 10.3. The van der Waals surface area contributed by atoms with Crippen molar-refractivity contribution in [2.75, 3.05) is 18.7 Å². The molecule has 0 radical (unpaired) electrons. The van der Waals surface area contributed by atoms with Gasteiger partial charge in [-0.1, -0.05) is 17.8 Å². The van der Waals surface area contributed by atoms with Crippen LogP contribution in [-0.2, 0) is 6.61 Å². The molecule has 6 nitrogen and oxygen atoms in total. The number of ether oxygens (including phenoxy) is 2. The molecule has 10 heteroatoms. The number of methoxy groups -OCH3 is 1. The molecule has 0 amide bonds. The van der Waals surface area contributed by atoms with Gasteiger partial charge in [0.15, 0.2) is 5.82 Å². The highest BCUT2D eigenvalue weighted by atomic mass is 32.2. The van der Waals surface area contributed by atoms with Crippen molar-refractivity contribution < 1.29 is 22.6 Å². The van der Waals surface area contributed by atoms with E-state index in [2.05, 4.69) is 10.2 Å². The number of rotatable bonds is 7. The summed E-state index contributed by atoms with van der Waals surface area (Å²) < 4.78 is 48.1. The highest BCUT2D eigenvalue weighted by Crippen LogP contribution is 2.25. The van der Waals surface area contributed by atoms with Gasteiger partial charge in [0.25, 0.3) is 0 Å². The van der Waals surface area contributed by atoms with Crippen LogP contribution in [0.5, 0.6) is 11.5 Å². The maximum atomic E-state index is 12.1. The van der Waals surface area contributed by atoms with E-state index in [0.29, 0.717) is 17.3 Å². The van der Waals surface area contributed by atoms with E-state index in [0.717, 1.165) is 16.4 Å². The fraction of sp³-hybridized carbons (Fsp3) is 0.385. The molecule has 0 aliphatic rings. The number of alkyl halides is 3. The molecule has 0 saturated carbocycles. The predicted octanol–water partition coefficient (Wildman–Crippen LogP) is 2.62. The molecule has 2 N–H and O–H groups in total. The van der Waals surface area contributed by atoms with E-state index in [9.17, 15) is 13.2 Å². The minimum absolute atomic E-state index is 0.0382. The van der Waals surface area contributed by atoms with Crippen molar-refractivity contribution in [3.8, 4) is 11.5 Å². The monoisotopic (exact) mass is 348 g/mol. The van der Waals surface area contributed by atoms with Crippen molar-refractivity contribution in [2.45, 2.75) is 24.4 Å². The summed E-state index contributed by atoms with van der Waals surface area (Å²) in [6, 6.07) is 6.96. The molecule has 1 heterocycles. The molecule has 1 aromatic heterocycles. The number of hydrogen-bond acceptors (Lipinski definition) is 6. The van der Waals surface area contributed by atoms with Crippen molar-refractivity contribution >= 4 is 11.8 Å². The Morgan fingerprint density at radius 1 is 1.26 bits per heavy atom. The summed E-state index contributed by atoms with van der Waals surface area (Å²) in [5.74, 6) is 7.09. The van der Waals surface area contributed by atoms with Crippen molar-refractivity contribution in [3.05, 3.63) is 30.1 Å². The van der Waals surface area contributed by atoms with Gasteiger partial charge in [-0.25, -0.2) is 4.68 Å². The second-order valence-electron chi connectivity index (χ2n) is 4.45. The molecular weight excluding hydrogens is 333 g/mol. The summed E-state index contributed by atoms with van der Waals surface area (Å²) in [6.07, 6.45) is -5.12. The van der Waals surface area contributed by atoms with E-state index in [1.807, 2.05) is 0 Å². The summed E-state index contributed by atoms with van der Waals surface area (Å²) in [4.78, 5) is 0. The van der Waals surface area contributed by atoms with Gasteiger partial charge < -0.3 is 15.3 Å². The van der Waals surface area contributed by atoms with Crippen LogP contribution in [0.4, 0.5) is 13.2 Å². The molecule has 0 aliphatic carbocycles. The highest BCUT2D eigenvalue weighted by molar-refractivity contribution is 7.99. The maximum absolute atomic E-state index is 12.1. The molecular formula is C13H15F3N4O2S. The maximum Gasteiger partial charge on any atom is 0.389 e. The van der Waals surface area contributed by atoms with Gasteiger partial charge in [0.2, 0.25) is 5.16 Å². The van der Waals surface area contributed by atoms with Crippen molar-refractivity contribution in [3.63, 3.8) is 0 Å². The smallest absolute Gasteiger partial charge is 0.389 e. The average Bonchev–Trinajstić information content (AvgIpc) is 2.85. The van der Waals surface area contributed by atoms with Crippen LogP contribution in [0.25, 0.3) is 0 Å². The van der Waals surface area contributed by atoms with E-state index in [-0.39, 0.29) is 17.5 Å². The first-order valence-corrected chi connectivity index (χ1v) is 7.53. The Morgan fingerprint density at radius 3 is 2.70 bits per heavy atom. The van der Waals surface area contributed by atoms with E-state index >= 15 is 0 Å². The van der Waals surface area contributed by atoms with Gasteiger partial charge in [0.05, 0.1) is 13.5 Å². The molecule has 0 saturated heterocycles. The summed E-state index contributed by atoms with van der Waals surface area (Å²) >= 11 is 0.891. The summed E-state index contributed by atoms with van der Waals surface area (Å²) in [5.41, 5.74) is 0. The second kappa shape index (κ2) is 7.44. The number of halogens is 3. The zero-order valence-electron chi connectivity index (χ0n) is 12.2. The Morgan fingerprint density at radius 2 is 2.00 bits per heavy atom. The minimum Gasteiger partial charge on any atom is -0.497 e. The zero-order chi connectivity index (χ0) is 16.9. The van der Waals surface area contributed by atoms with Gasteiger partial charge in [-0.3, -0.25) is 0 Å². The van der Waals surface area contributed by atoms with Crippen molar-refractivity contribution in [1.29, 1.82) is 0 Å². The van der Waals surface area contributed by atoms with Crippen LogP contribution < -0.4 is 15.3 Å². The van der Waals surface area contributed by atoms with Crippen molar-refractivity contribution in [2.24, 2.45) is 0 Å². The summed E-state index contributed by atoms with van der Waals surface area (Å²) in [5, 5.41) is 7.79. The van der Waals surface area contributed by atoms with Crippen LogP contribution in [0.1, 0.15) is 12.2 Å². The molecule has 2 aromatic rings. The number of nitrogen functional groups attached to an aromatic ring is 1. The lowest BCUT2D eigenvalue weighted by molar-refractivity contribution is -0.129. The Hall–Kier alpha value is -2.10. The topological polar surface area (TPSA) is 75.2 Å². The third kappa shape index (κ3) is 5.23. The molecule has 0 fully saturated rings. The fourth-order valence-corrected chi connectivity index (χ4v) is 2.46. The first-order chi connectivity index (χ1) is 10.9. The van der Waals surface area contributed by atoms with Gasteiger partial charge in [-0.2, -0.15) is 13.2 Å². The van der Waals surface area contributed by atoms with Crippen LogP contribution in [0.15, 0.2) is 29.4 Å². The molecule has 0 unspecified atom stereocenters. The predicted molar refractivity (Wildman–Crippen MR) is 78.9 cm³/mol. The molecule has 23 heavy (non-hydrogen) atoms. The Bertz CT molecular complexity index is 648. The second-order valence-corrected chi connectivity index (χ2v) is 5.51. The van der Waals surface area contributed by atoms with Gasteiger partial charge in [-0.05, 0) is 12.1 Å². The molecule has 126 valence electrons.